The molecule has 4 heterocycles. The van der Waals surface area contributed by atoms with Crippen molar-refractivity contribution in [3.63, 3.8) is 0 Å². The van der Waals surface area contributed by atoms with Crippen LogP contribution in [0.2, 0.25) is 0 Å². The van der Waals surface area contributed by atoms with E-state index in [2.05, 4.69) is 0 Å². The van der Waals surface area contributed by atoms with Gasteiger partial charge in [-0.25, -0.2) is 47.0 Å². The first-order chi connectivity index (χ1) is 20.8. The lowest BCUT2D eigenvalue weighted by Crippen LogP contribution is -2.46. The molecule has 0 amide bonds. The van der Waals surface area contributed by atoms with Crippen LogP contribution in [0.15, 0.2) is 104 Å². The van der Waals surface area contributed by atoms with Gasteiger partial charge < -0.3 is 14.6 Å². The molecule has 0 aliphatic carbocycles. The molecule has 0 fully saturated rings. The fourth-order valence-corrected chi connectivity index (χ4v) is 6.13. The van der Waals surface area contributed by atoms with Gasteiger partial charge in [0.1, 0.15) is 6.04 Å². The zero-order chi connectivity index (χ0) is 30.0. The van der Waals surface area contributed by atoms with Crippen LogP contribution in [0.5, 0.6) is 17.2 Å². The Morgan fingerprint density at radius 2 is 1.21 bits per heavy atom. The molecule has 13 nitrogen and oxygen atoms in total. The molecule has 1 N–H and O–H groups in total. The largest absolute Gasteiger partial charge is 0.502 e. The minimum absolute atomic E-state index is 0.0565. The highest BCUT2D eigenvalue weighted by atomic mass is 16.5. The van der Waals surface area contributed by atoms with Crippen LogP contribution in [0.3, 0.4) is 0 Å². The molecule has 5 aromatic rings. The van der Waals surface area contributed by atoms with Gasteiger partial charge >= 0.3 is 22.8 Å². The van der Waals surface area contributed by atoms with E-state index in [4.69, 9.17) is 9.47 Å². The molecule has 0 spiro atoms. The Morgan fingerprint density at radius 3 is 1.74 bits per heavy atom. The summed E-state index contributed by atoms with van der Waals surface area (Å²) in [6, 6.07) is 18.6. The van der Waals surface area contributed by atoms with E-state index in [0.29, 0.717) is 22.5 Å². The number of aromatic hydroxyl groups is 1. The van der Waals surface area contributed by atoms with Crippen molar-refractivity contribution in [1.82, 2.24) is 27.9 Å². The number of fused-ring (bicyclic) bond motifs is 4. The summed E-state index contributed by atoms with van der Waals surface area (Å²) in [6.07, 6.45) is 1.80. The molecular formula is C30H26N6O7. The maximum atomic E-state index is 14.1. The molecule has 2 aliphatic rings. The van der Waals surface area contributed by atoms with Crippen LogP contribution >= 0.6 is 0 Å². The number of hydrogen-bond donors (Lipinski definition) is 1. The van der Waals surface area contributed by atoms with Gasteiger partial charge in [-0.3, -0.25) is 0 Å². The number of allylic oxidation sites excluding steroid dienone is 2. The molecule has 13 heteroatoms. The van der Waals surface area contributed by atoms with E-state index in [9.17, 15) is 24.3 Å². The van der Waals surface area contributed by atoms with Crippen LogP contribution in [0.4, 0.5) is 0 Å². The number of benzene rings is 3. The molecule has 0 radical (unpaired) electrons. The van der Waals surface area contributed by atoms with Gasteiger partial charge in [0.15, 0.2) is 11.5 Å². The van der Waals surface area contributed by atoms with Gasteiger partial charge in [-0.2, -0.15) is 0 Å². The lowest BCUT2D eigenvalue weighted by Gasteiger charge is -2.37. The molecule has 2 atom stereocenters. The predicted octanol–water partition coefficient (Wildman–Crippen LogP) is 1.42. The van der Waals surface area contributed by atoms with E-state index in [1.165, 1.54) is 32.9 Å². The van der Waals surface area contributed by atoms with E-state index in [0.717, 1.165) is 9.13 Å². The van der Waals surface area contributed by atoms with E-state index >= 15 is 0 Å². The molecule has 2 aliphatic heterocycles. The fourth-order valence-electron chi connectivity index (χ4n) is 6.13. The number of hydrogen-bond acceptors (Lipinski definition) is 7. The van der Waals surface area contributed by atoms with Crippen molar-refractivity contribution >= 4 is 0 Å². The summed E-state index contributed by atoms with van der Waals surface area (Å²) in [5.41, 5.74) is -0.405. The number of phenolic OH excluding ortho intramolecular Hbond substituents is 1. The SMILES string of the molecule is COc1cc([C@H]2C3=CCn4c(=O)n(-c5ccccc5)c(=O)n4[C@@H]3Cn3c(=O)n(-c4ccccc4)c(=O)n32)cc(OC)c1O. The Hall–Kier alpha value is -5.72. The Kier molecular flexibility index (Phi) is 5.90. The Bertz CT molecular complexity index is 2140. The Labute approximate surface area is 242 Å². The van der Waals surface area contributed by atoms with E-state index in [1.807, 2.05) is 0 Å². The van der Waals surface area contributed by atoms with Gasteiger partial charge in [0.2, 0.25) is 5.75 Å². The quantitative estimate of drug-likeness (QED) is 0.310. The number of nitrogens with zero attached hydrogens (tertiary/aromatic N) is 6. The summed E-state index contributed by atoms with van der Waals surface area (Å²) in [4.78, 5) is 55.4. The maximum Gasteiger partial charge on any atom is 0.352 e. The van der Waals surface area contributed by atoms with E-state index in [1.54, 1.807) is 78.9 Å². The summed E-state index contributed by atoms with van der Waals surface area (Å²) in [7, 11) is 2.78. The average molecular weight is 583 g/mol. The van der Waals surface area contributed by atoms with E-state index in [-0.39, 0.29) is 30.3 Å². The van der Waals surface area contributed by atoms with Crippen LogP contribution in [0, 0.1) is 0 Å². The van der Waals surface area contributed by atoms with Crippen molar-refractivity contribution in [2.45, 2.75) is 25.2 Å². The van der Waals surface area contributed by atoms with Crippen molar-refractivity contribution in [2.24, 2.45) is 0 Å². The third-order valence-electron chi connectivity index (χ3n) is 8.05. The number of aromatic nitrogens is 6. The van der Waals surface area contributed by atoms with Crippen LogP contribution in [-0.4, -0.2) is 47.2 Å². The fraction of sp³-hybridized carbons (Fsp3) is 0.200. The van der Waals surface area contributed by atoms with Crippen LogP contribution in [0.1, 0.15) is 17.6 Å². The minimum atomic E-state index is -0.914. The number of para-hydroxylation sites is 2. The van der Waals surface area contributed by atoms with Gasteiger partial charge in [0.05, 0.1) is 44.7 Å². The van der Waals surface area contributed by atoms with Crippen molar-refractivity contribution in [3.8, 4) is 28.6 Å². The molecule has 0 saturated carbocycles. The molecule has 218 valence electrons. The zero-order valence-electron chi connectivity index (χ0n) is 23.2. The molecule has 7 rings (SSSR count). The summed E-state index contributed by atoms with van der Waals surface area (Å²) in [5, 5.41) is 10.6. The van der Waals surface area contributed by atoms with Crippen LogP contribution in [-0.2, 0) is 13.1 Å². The summed E-state index contributed by atoms with van der Waals surface area (Å²) in [5.74, 6) is -0.0291. The first-order valence-corrected chi connectivity index (χ1v) is 13.5. The average Bonchev–Trinajstić information content (AvgIpc) is 3.44. The van der Waals surface area contributed by atoms with Gasteiger partial charge in [-0.05, 0) is 47.5 Å². The summed E-state index contributed by atoms with van der Waals surface area (Å²) >= 11 is 0. The molecule has 2 aromatic heterocycles. The number of rotatable bonds is 5. The molecule has 3 aromatic carbocycles. The van der Waals surface area contributed by atoms with Crippen molar-refractivity contribution in [3.05, 3.63) is 132 Å². The monoisotopic (exact) mass is 582 g/mol. The second-order valence-electron chi connectivity index (χ2n) is 10.2. The number of phenols is 1. The lowest BCUT2D eigenvalue weighted by atomic mass is 9.90. The van der Waals surface area contributed by atoms with Crippen LogP contribution < -0.4 is 32.2 Å². The zero-order valence-corrected chi connectivity index (χ0v) is 23.2. The van der Waals surface area contributed by atoms with Gasteiger partial charge in [-0.15, -0.1) is 0 Å². The van der Waals surface area contributed by atoms with Gasteiger partial charge in [-0.1, -0.05) is 42.5 Å². The highest BCUT2D eigenvalue weighted by Crippen LogP contribution is 2.44. The topological polar surface area (TPSA) is 137 Å². The van der Waals surface area contributed by atoms with Crippen molar-refractivity contribution in [1.29, 1.82) is 0 Å². The maximum absolute atomic E-state index is 14.1. The van der Waals surface area contributed by atoms with Crippen molar-refractivity contribution in [2.75, 3.05) is 14.2 Å². The minimum Gasteiger partial charge on any atom is -0.502 e. The Morgan fingerprint density at radius 1 is 0.698 bits per heavy atom. The molecule has 0 unspecified atom stereocenters. The first-order valence-electron chi connectivity index (χ1n) is 13.5. The molecular weight excluding hydrogens is 556 g/mol. The highest BCUT2D eigenvalue weighted by molar-refractivity contribution is 5.55. The first kappa shape index (κ1) is 26.2. The predicted molar refractivity (Wildman–Crippen MR) is 155 cm³/mol. The molecule has 0 bridgehead atoms. The smallest absolute Gasteiger partial charge is 0.352 e. The van der Waals surface area contributed by atoms with E-state index < -0.39 is 34.8 Å². The Balaban J connectivity index is 1.52. The van der Waals surface area contributed by atoms with Crippen molar-refractivity contribution < 1.29 is 14.6 Å². The normalized spacial score (nSPS) is 17.0. The lowest BCUT2D eigenvalue weighted by molar-refractivity contribution is 0.245. The number of ether oxygens (including phenoxy) is 2. The second kappa shape index (κ2) is 9.69. The highest BCUT2D eigenvalue weighted by Gasteiger charge is 2.42. The molecule has 0 saturated heterocycles. The molecule has 43 heavy (non-hydrogen) atoms. The third kappa shape index (κ3) is 3.70. The van der Waals surface area contributed by atoms with Gasteiger partial charge in [0, 0.05) is 0 Å². The summed E-state index contributed by atoms with van der Waals surface area (Å²) in [6.45, 7) is -0.0261. The third-order valence-corrected chi connectivity index (χ3v) is 8.05. The standard InChI is InChI=1S/C30H26N6O7/c1-42-23-15-18(16-24(43-2)26(23)37)25-21-13-14-31-27(38)33(19-9-5-3-6-10-19)29(40)35(31)22(21)17-32-28(39)34(30(41)36(25)32)20-11-7-4-8-12-20/h3-13,15-16,22,25,37H,14,17H2,1-2H3/t22-,25+/m1/s1. The second-order valence-corrected chi connectivity index (χ2v) is 10.2. The summed E-state index contributed by atoms with van der Waals surface area (Å²) < 4.78 is 18.3. The van der Waals surface area contributed by atoms with Gasteiger partial charge in [0.25, 0.3) is 0 Å². The number of methoxy groups -OCH3 is 2. The van der Waals surface area contributed by atoms with Crippen LogP contribution in [0.25, 0.3) is 11.4 Å².